The Kier molecular flexibility index (Phi) is 4.28. The van der Waals surface area contributed by atoms with Crippen molar-refractivity contribution < 1.29 is 10.2 Å². The fourth-order valence-corrected chi connectivity index (χ4v) is 2.04. The number of phenols is 2. The lowest BCUT2D eigenvalue weighted by molar-refractivity contribution is 0.471. The van der Waals surface area contributed by atoms with E-state index in [1.807, 2.05) is 19.9 Å². The largest absolute Gasteiger partial charge is 0.508 e. The Morgan fingerprint density at radius 3 is 2.38 bits per heavy atom. The van der Waals surface area contributed by atoms with E-state index in [4.69, 9.17) is 0 Å². The number of rotatable bonds is 3. The molecular weight excluding hydrogens is 264 g/mol. The molecule has 0 saturated heterocycles. The zero-order chi connectivity index (χ0) is 15.4. The maximum Gasteiger partial charge on any atom is 0.137 e. The van der Waals surface area contributed by atoms with Crippen LogP contribution >= 0.6 is 0 Å². The first kappa shape index (κ1) is 14.7. The summed E-state index contributed by atoms with van der Waals surface area (Å²) < 4.78 is 0. The second-order valence-electron chi connectivity index (χ2n) is 4.79. The van der Waals surface area contributed by atoms with Crippen LogP contribution in [0.25, 0.3) is 0 Å². The number of amidine groups is 1. The van der Waals surface area contributed by atoms with Gasteiger partial charge in [0, 0.05) is 17.5 Å². The molecule has 0 aliphatic carbocycles. The van der Waals surface area contributed by atoms with Crippen LogP contribution in [0.5, 0.6) is 11.5 Å². The van der Waals surface area contributed by atoms with E-state index >= 15 is 0 Å². The number of phenolic OH excluding ortho intramolecular Hbond substituents is 2. The number of nitrogens with zero attached hydrogens (tertiary/aromatic N) is 1. The second kappa shape index (κ2) is 6.13. The first-order valence-corrected chi connectivity index (χ1v) is 6.56. The summed E-state index contributed by atoms with van der Waals surface area (Å²) in [5.41, 5.74) is 3.40. The number of hydrogen-bond acceptors (Lipinski definition) is 3. The van der Waals surface area contributed by atoms with Gasteiger partial charge in [-0.3, -0.25) is 0 Å². The Morgan fingerprint density at radius 2 is 1.76 bits per heavy atom. The number of anilines is 1. The Hall–Kier alpha value is -2.75. The van der Waals surface area contributed by atoms with Gasteiger partial charge in [-0.15, -0.1) is 0 Å². The van der Waals surface area contributed by atoms with E-state index in [-0.39, 0.29) is 11.5 Å². The highest BCUT2D eigenvalue weighted by Crippen LogP contribution is 2.23. The molecule has 0 saturated carbocycles. The fourth-order valence-electron chi connectivity index (χ4n) is 2.04. The molecule has 0 aliphatic rings. The van der Waals surface area contributed by atoms with E-state index in [0.29, 0.717) is 5.84 Å². The molecule has 0 spiro atoms. The Bertz CT molecular complexity index is 689. The number of aromatic hydroxyl groups is 2. The third kappa shape index (κ3) is 3.42. The molecule has 4 nitrogen and oxygen atoms in total. The molecule has 3 N–H and O–H groups in total. The zero-order valence-corrected chi connectivity index (χ0v) is 12.1. The second-order valence-corrected chi connectivity index (χ2v) is 4.79. The molecule has 0 heterocycles. The van der Waals surface area contributed by atoms with Crippen molar-refractivity contribution in [3.63, 3.8) is 0 Å². The summed E-state index contributed by atoms with van der Waals surface area (Å²) in [5, 5.41) is 22.4. The quantitative estimate of drug-likeness (QED) is 0.457. The van der Waals surface area contributed by atoms with E-state index in [9.17, 15) is 10.2 Å². The molecule has 0 atom stereocenters. The van der Waals surface area contributed by atoms with Crippen molar-refractivity contribution in [2.24, 2.45) is 4.99 Å². The predicted octanol–water partition coefficient (Wildman–Crippen LogP) is 3.72. The van der Waals surface area contributed by atoms with Gasteiger partial charge in [0.05, 0.1) is 0 Å². The van der Waals surface area contributed by atoms with Crippen molar-refractivity contribution in [1.29, 1.82) is 0 Å². The van der Waals surface area contributed by atoms with Crippen LogP contribution in [0, 0.1) is 13.8 Å². The summed E-state index contributed by atoms with van der Waals surface area (Å²) in [6.07, 6.45) is 1.44. The number of hydrogen-bond donors (Lipinski definition) is 3. The molecule has 2 rings (SSSR count). The van der Waals surface area contributed by atoms with Crippen LogP contribution in [0.3, 0.4) is 0 Å². The number of aryl methyl sites for hydroxylation is 2. The minimum Gasteiger partial charge on any atom is -0.508 e. The third-order valence-corrected chi connectivity index (χ3v) is 3.15. The first-order valence-electron chi connectivity index (χ1n) is 6.56. The van der Waals surface area contributed by atoms with Crippen molar-refractivity contribution in [3.05, 3.63) is 65.9 Å². The highest BCUT2D eigenvalue weighted by molar-refractivity contribution is 6.09. The lowest BCUT2D eigenvalue weighted by Gasteiger charge is -2.13. The van der Waals surface area contributed by atoms with Crippen molar-refractivity contribution >= 4 is 11.5 Å². The summed E-state index contributed by atoms with van der Waals surface area (Å²) in [4.78, 5) is 4.24. The molecule has 4 heteroatoms. The molecule has 0 aromatic heterocycles. The predicted molar refractivity (Wildman–Crippen MR) is 86.0 cm³/mol. The van der Waals surface area contributed by atoms with Crippen LogP contribution in [-0.4, -0.2) is 16.0 Å². The highest BCUT2D eigenvalue weighted by atomic mass is 16.3. The normalized spacial score (nSPS) is 11.2. The summed E-state index contributed by atoms with van der Waals surface area (Å²) in [7, 11) is 0. The monoisotopic (exact) mass is 282 g/mol. The van der Waals surface area contributed by atoms with E-state index in [1.165, 1.54) is 6.20 Å². The van der Waals surface area contributed by atoms with Crippen LogP contribution in [-0.2, 0) is 0 Å². The van der Waals surface area contributed by atoms with Crippen molar-refractivity contribution in [2.45, 2.75) is 13.8 Å². The number of nitrogens with one attached hydrogen (secondary N) is 1. The van der Waals surface area contributed by atoms with Gasteiger partial charge in [0.2, 0.25) is 0 Å². The molecule has 0 bridgehead atoms. The minimum atomic E-state index is 0.201. The van der Waals surface area contributed by atoms with Crippen LogP contribution in [0.1, 0.15) is 16.7 Å². The molecule has 2 aromatic carbocycles. The third-order valence-electron chi connectivity index (χ3n) is 3.15. The molecule has 0 radical (unpaired) electrons. The van der Waals surface area contributed by atoms with Gasteiger partial charge >= 0.3 is 0 Å². The van der Waals surface area contributed by atoms with Crippen LogP contribution < -0.4 is 5.32 Å². The van der Waals surface area contributed by atoms with Crippen LogP contribution in [0.4, 0.5) is 5.69 Å². The Morgan fingerprint density at radius 1 is 1.10 bits per heavy atom. The van der Waals surface area contributed by atoms with Gasteiger partial charge in [-0.2, -0.15) is 0 Å². The summed E-state index contributed by atoms with van der Waals surface area (Å²) in [5.74, 6) is 1.01. The molecule has 0 amide bonds. The highest BCUT2D eigenvalue weighted by Gasteiger charge is 2.10. The molecule has 21 heavy (non-hydrogen) atoms. The van der Waals surface area contributed by atoms with Gasteiger partial charge in [-0.1, -0.05) is 12.6 Å². The van der Waals surface area contributed by atoms with Crippen molar-refractivity contribution in [1.82, 2.24) is 0 Å². The van der Waals surface area contributed by atoms with E-state index < -0.39 is 0 Å². The zero-order valence-electron chi connectivity index (χ0n) is 12.1. The number of benzene rings is 2. The molecule has 2 aromatic rings. The van der Waals surface area contributed by atoms with Crippen molar-refractivity contribution in [2.75, 3.05) is 5.32 Å². The SMILES string of the molecule is C=CN=C(Nc1ccc(O)cc1)c1cc(O)c(C)cc1C. The van der Waals surface area contributed by atoms with Crippen LogP contribution in [0.15, 0.2) is 54.2 Å². The van der Waals surface area contributed by atoms with Gasteiger partial charge in [0.25, 0.3) is 0 Å². The van der Waals surface area contributed by atoms with Gasteiger partial charge in [0.1, 0.15) is 17.3 Å². The van der Waals surface area contributed by atoms with Gasteiger partial charge < -0.3 is 15.5 Å². The van der Waals surface area contributed by atoms with Gasteiger partial charge in [0.15, 0.2) is 0 Å². The Labute approximate surface area is 124 Å². The summed E-state index contributed by atoms with van der Waals surface area (Å²) in [6.45, 7) is 7.43. The van der Waals surface area contributed by atoms with E-state index in [2.05, 4.69) is 16.9 Å². The maximum absolute atomic E-state index is 9.90. The van der Waals surface area contributed by atoms with Gasteiger partial charge in [-0.05, 0) is 55.3 Å². The average molecular weight is 282 g/mol. The standard InChI is InChI=1S/C17H18N2O2/c1-4-18-17(19-13-5-7-14(20)8-6-13)15-10-16(21)12(3)9-11(15)2/h4-10,20-21H,1H2,2-3H3,(H,18,19). The first-order chi connectivity index (χ1) is 10.0. The molecule has 0 fully saturated rings. The fraction of sp³-hybridized carbons (Fsp3) is 0.118. The van der Waals surface area contributed by atoms with Gasteiger partial charge in [-0.25, -0.2) is 4.99 Å². The maximum atomic E-state index is 9.90. The molecule has 108 valence electrons. The molecule has 0 unspecified atom stereocenters. The van der Waals surface area contributed by atoms with E-state index in [0.717, 1.165) is 22.4 Å². The molecule has 0 aliphatic heterocycles. The Balaban J connectivity index is 2.40. The van der Waals surface area contributed by atoms with Crippen molar-refractivity contribution in [3.8, 4) is 11.5 Å². The summed E-state index contributed by atoms with van der Waals surface area (Å²) >= 11 is 0. The lowest BCUT2D eigenvalue weighted by atomic mass is 10.0. The van der Waals surface area contributed by atoms with E-state index in [1.54, 1.807) is 30.3 Å². The lowest BCUT2D eigenvalue weighted by Crippen LogP contribution is -2.14. The number of aliphatic imine (C=N–C) groups is 1. The average Bonchev–Trinajstić information content (AvgIpc) is 2.45. The summed E-state index contributed by atoms with van der Waals surface area (Å²) in [6, 6.07) is 10.3. The smallest absolute Gasteiger partial charge is 0.137 e. The molecular formula is C17H18N2O2. The topological polar surface area (TPSA) is 64.9 Å². The minimum absolute atomic E-state index is 0.201. The van der Waals surface area contributed by atoms with Crippen LogP contribution in [0.2, 0.25) is 0 Å².